The van der Waals surface area contributed by atoms with Crippen LogP contribution in [0.3, 0.4) is 0 Å². The molecule has 3 N–H and O–H groups in total. The number of unbranched alkanes of at least 4 members (excludes halogenated alkanes) is 50. The van der Waals surface area contributed by atoms with Crippen LogP contribution in [-0.2, 0) is 14.3 Å². The highest BCUT2D eigenvalue weighted by Crippen LogP contribution is 2.19. The number of hydrogen-bond acceptors (Lipinski definition) is 5. The van der Waals surface area contributed by atoms with Crippen molar-refractivity contribution in [3.63, 3.8) is 0 Å². The van der Waals surface area contributed by atoms with Gasteiger partial charge in [0.1, 0.15) is 0 Å². The lowest BCUT2D eigenvalue weighted by Gasteiger charge is -2.22. The van der Waals surface area contributed by atoms with Gasteiger partial charge in [0.05, 0.1) is 25.4 Å². The molecule has 6 nitrogen and oxygen atoms in total. The number of hydrogen-bond donors (Lipinski definition) is 3. The van der Waals surface area contributed by atoms with E-state index in [0.29, 0.717) is 25.9 Å². The van der Waals surface area contributed by atoms with Crippen molar-refractivity contribution in [2.75, 3.05) is 13.2 Å². The van der Waals surface area contributed by atoms with Gasteiger partial charge in [0.25, 0.3) is 0 Å². The molecule has 0 saturated heterocycles. The summed E-state index contributed by atoms with van der Waals surface area (Å²) >= 11 is 0. The van der Waals surface area contributed by atoms with E-state index in [9.17, 15) is 19.8 Å². The standard InChI is InChI=1S/C67H131NO5/c1-3-5-7-9-11-13-15-17-33-37-41-45-49-53-57-61-67(72)73-62-58-54-50-46-42-38-35-32-30-28-26-24-22-20-18-19-21-23-25-27-29-31-34-36-40-44-48-52-56-60-66(71)68-64(63-69)65(70)59-55-51-47-43-39-16-14-12-10-8-6-4-2/h17,33,64-65,69-70H,3-16,18-32,34-63H2,1-2H3,(H,68,71)/b33-17-. The molecule has 2 unspecified atom stereocenters. The lowest BCUT2D eigenvalue weighted by Crippen LogP contribution is -2.45. The number of aliphatic hydroxyl groups is 2. The molecular weight excluding hydrogens is 899 g/mol. The van der Waals surface area contributed by atoms with Crippen LogP contribution in [0.15, 0.2) is 12.2 Å². The van der Waals surface area contributed by atoms with Gasteiger partial charge in [-0.25, -0.2) is 0 Å². The van der Waals surface area contributed by atoms with Crippen molar-refractivity contribution in [2.45, 2.75) is 392 Å². The van der Waals surface area contributed by atoms with Gasteiger partial charge in [0, 0.05) is 12.8 Å². The Kier molecular flexibility index (Phi) is 61.9. The first kappa shape index (κ1) is 71.6. The normalized spacial score (nSPS) is 12.5. The molecule has 0 saturated carbocycles. The van der Waals surface area contributed by atoms with E-state index in [1.807, 2.05) is 0 Å². The molecular formula is C67H131NO5. The number of rotatable bonds is 63. The first-order chi connectivity index (χ1) is 36.0. The Balaban J connectivity index is 3.31. The van der Waals surface area contributed by atoms with E-state index in [4.69, 9.17) is 4.74 Å². The molecule has 434 valence electrons. The Morgan fingerprint density at radius 3 is 0.973 bits per heavy atom. The Labute approximate surface area is 457 Å². The van der Waals surface area contributed by atoms with Gasteiger partial charge in [0.15, 0.2) is 0 Å². The largest absolute Gasteiger partial charge is 0.466 e. The van der Waals surface area contributed by atoms with Crippen LogP contribution < -0.4 is 5.32 Å². The smallest absolute Gasteiger partial charge is 0.305 e. The number of carbonyl (C=O) groups excluding carboxylic acids is 2. The van der Waals surface area contributed by atoms with Crippen molar-refractivity contribution in [3.05, 3.63) is 12.2 Å². The van der Waals surface area contributed by atoms with Gasteiger partial charge in [0.2, 0.25) is 5.91 Å². The fourth-order valence-corrected chi connectivity index (χ4v) is 10.7. The number of ether oxygens (including phenoxy) is 1. The summed E-state index contributed by atoms with van der Waals surface area (Å²) in [7, 11) is 0. The summed E-state index contributed by atoms with van der Waals surface area (Å²) in [4.78, 5) is 24.5. The minimum Gasteiger partial charge on any atom is -0.466 e. The predicted molar refractivity (Wildman–Crippen MR) is 320 cm³/mol. The third-order valence-electron chi connectivity index (χ3n) is 15.8. The van der Waals surface area contributed by atoms with E-state index in [2.05, 4.69) is 31.3 Å². The van der Waals surface area contributed by atoms with E-state index in [-0.39, 0.29) is 18.5 Å². The Morgan fingerprint density at radius 1 is 0.370 bits per heavy atom. The molecule has 0 aromatic carbocycles. The van der Waals surface area contributed by atoms with Crippen molar-refractivity contribution in [2.24, 2.45) is 0 Å². The van der Waals surface area contributed by atoms with Gasteiger partial charge in [-0.3, -0.25) is 9.59 Å². The average molecular weight is 1030 g/mol. The lowest BCUT2D eigenvalue weighted by molar-refractivity contribution is -0.143. The van der Waals surface area contributed by atoms with Gasteiger partial charge in [-0.2, -0.15) is 0 Å². The third kappa shape index (κ3) is 59.7. The van der Waals surface area contributed by atoms with Crippen molar-refractivity contribution in [3.8, 4) is 0 Å². The molecule has 6 heteroatoms. The number of allylic oxidation sites excluding steroid dienone is 2. The second-order valence-corrected chi connectivity index (χ2v) is 23.2. The van der Waals surface area contributed by atoms with Crippen molar-refractivity contribution < 1.29 is 24.5 Å². The zero-order valence-corrected chi connectivity index (χ0v) is 49.6. The first-order valence-electron chi connectivity index (χ1n) is 33.4. The topological polar surface area (TPSA) is 95.9 Å². The van der Waals surface area contributed by atoms with E-state index in [1.54, 1.807) is 0 Å². The summed E-state index contributed by atoms with van der Waals surface area (Å²) < 4.78 is 5.49. The highest BCUT2D eigenvalue weighted by molar-refractivity contribution is 5.76. The van der Waals surface area contributed by atoms with Gasteiger partial charge in [-0.1, -0.05) is 328 Å². The molecule has 1 amide bonds. The van der Waals surface area contributed by atoms with Crippen LogP contribution in [-0.4, -0.2) is 47.4 Å². The molecule has 0 aliphatic heterocycles. The summed E-state index contributed by atoms with van der Waals surface area (Å²) in [5.74, 6) is -0.0177. The highest BCUT2D eigenvalue weighted by Gasteiger charge is 2.20. The van der Waals surface area contributed by atoms with Gasteiger partial charge in [-0.15, -0.1) is 0 Å². The molecule has 0 aromatic rings. The van der Waals surface area contributed by atoms with Crippen LogP contribution in [0.25, 0.3) is 0 Å². The maximum absolute atomic E-state index is 12.5. The van der Waals surface area contributed by atoms with Crippen molar-refractivity contribution in [1.29, 1.82) is 0 Å². The summed E-state index contributed by atoms with van der Waals surface area (Å²) in [6.45, 7) is 4.97. The van der Waals surface area contributed by atoms with E-state index in [1.165, 1.54) is 302 Å². The molecule has 0 heterocycles. The molecule has 2 atom stereocenters. The third-order valence-corrected chi connectivity index (χ3v) is 15.8. The van der Waals surface area contributed by atoms with Crippen LogP contribution in [0.4, 0.5) is 0 Å². The summed E-state index contributed by atoms with van der Waals surface area (Å²) in [5, 5.41) is 23.2. The Hall–Kier alpha value is -1.40. The first-order valence-corrected chi connectivity index (χ1v) is 33.4. The number of carbonyl (C=O) groups is 2. The molecule has 0 spiro atoms. The zero-order chi connectivity index (χ0) is 52.9. The maximum atomic E-state index is 12.5. The van der Waals surface area contributed by atoms with E-state index >= 15 is 0 Å². The molecule has 0 fully saturated rings. The highest BCUT2D eigenvalue weighted by atomic mass is 16.5. The predicted octanol–water partition coefficient (Wildman–Crippen LogP) is 21.2. The number of aliphatic hydroxyl groups excluding tert-OH is 2. The van der Waals surface area contributed by atoms with Gasteiger partial charge in [-0.05, 0) is 51.4 Å². The van der Waals surface area contributed by atoms with Crippen LogP contribution >= 0.6 is 0 Å². The number of nitrogens with one attached hydrogen (secondary N) is 1. The summed E-state index contributed by atoms with van der Waals surface area (Å²) in [6.07, 6.45) is 76.8. The van der Waals surface area contributed by atoms with E-state index in [0.717, 1.165) is 44.9 Å². The van der Waals surface area contributed by atoms with Gasteiger partial charge >= 0.3 is 5.97 Å². The van der Waals surface area contributed by atoms with E-state index < -0.39 is 12.1 Å². The lowest BCUT2D eigenvalue weighted by atomic mass is 10.0. The quantitative estimate of drug-likeness (QED) is 0.0320. The Morgan fingerprint density at radius 2 is 0.644 bits per heavy atom. The molecule has 0 bridgehead atoms. The average Bonchev–Trinajstić information content (AvgIpc) is 3.39. The van der Waals surface area contributed by atoms with Crippen molar-refractivity contribution >= 4 is 11.9 Å². The fourth-order valence-electron chi connectivity index (χ4n) is 10.7. The number of esters is 1. The summed E-state index contributed by atoms with van der Waals surface area (Å²) in [5.41, 5.74) is 0. The molecule has 0 radical (unpaired) electrons. The van der Waals surface area contributed by atoms with Crippen LogP contribution in [0.5, 0.6) is 0 Å². The van der Waals surface area contributed by atoms with Crippen LogP contribution in [0.2, 0.25) is 0 Å². The second-order valence-electron chi connectivity index (χ2n) is 23.2. The monoisotopic (exact) mass is 1030 g/mol. The molecule has 73 heavy (non-hydrogen) atoms. The molecule has 0 aliphatic carbocycles. The fraction of sp³-hybridized carbons (Fsp3) is 0.940. The zero-order valence-electron chi connectivity index (χ0n) is 49.6. The van der Waals surface area contributed by atoms with Crippen molar-refractivity contribution in [1.82, 2.24) is 5.32 Å². The Bertz CT molecular complexity index is 1100. The summed E-state index contributed by atoms with van der Waals surface area (Å²) in [6, 6.07) is -0.537. The van der Waals surface area contributed by atoms with Gasteiger partial charge < -0.3 is 20.3 Å². The molecule has 0 aliphatic rings. The maximum Gasteiger partial charge on any atom is 0.305 e. The minimum atomic E-state index is -0.660. The molecule has 0 rings (SSSR count). The number of amides is 1. The second kappa shape index (κ2) is 63.1. The molecule has 0 aromatic heterocycles. The SMILES string of the molecule is CCCCCCCC/C=C\CCCCCCCC(=O)OCCCCCCCCCCCCCCCCCCCCCCCCCCCCCCCC(=O)NC(CO)C(O)CCCCCCCCCCCCCC. The minimum absolute atomic E-state index is 0.0122. The van der Waals surface area contributed by atoms with Crippen LogP contribution in [0, 0.1) is 0 Å². The van der Waals surface area contributed by atoms with Crippen LogP contribution in [0.1, 0.15) is 380 Å².